The molecule has 0 atom stereocenters. The molecule has 0 bridgehead atoms. The van der Waals surface area contributed by atoms with E-state index in [1.54, 1.807) is 30.5 Å². The molecule has 0 spiro atoms. The number of nitrogens with zero attached hydrogens (tertiary/aromatic N) is 1. The molecule has 0 aliphatic carbocycles. The summed E-state index contributed by atoms with van der Waals surface area (Å²) in [6.07, 6.45) is 1.56. The third-order valence-electron chi connectivity index (χ3n) is 2.10. The van der Waals surface area contributed by atoms with Gasteiger partial charge in [0.15, 0.2) is 5.82 Å². The molecule has 0 saturated heterocycles. The van der Waals surface area contributed by atoms with Crippen LogP contribution in [-0.2, 0) is 0 Å². The average Bonchev–Trinajstić information content (AvgIpc) is 2.33. The van der Waals surface area contributed by atoms with Gasteiger partial charge in [-0.15, -0.1) is 0 Å². The fourth-order valence-corrected chi connectivity index (χ4v) is 1.31. The quantitative estimate of drug-likeness (QED) is 0.737. The molecule has 2 amide bonds. The van der Waals surface area contributed by atoms with E-state index < -0.39 is 0 Å². The largest absolute Gasteiger partial charge is 0.396 e. The maximum Gasteiger partial charge on any atom is 0.324 e. The predicted octanol–water partition coefficient (Wildman–Crippen LogP) is 2.31. The highest BCUT2D eigenvalue weighted by atomic mass is 16.2. The smallest absolute Gasteiger partial charge is 0.324 e. The number of para-hydroxylation sites is 1. The summed E-state index contributed by atoms with van der Waals surface area (Å²) in [6, 6.07) is 12.1. The highest BCUT2D eigenvalue weighted by molar-refractivity contribution is 6.00. The van der Waals surface area contributed by atoms with Gasteiger partial charge in [0.1, 0.15) is 0 Å². The van der Waals surface area contributed by atoms with Gasteiger partial charge in [-0.05, 0) is 24.3 Å². The molecule has 2 aromatic rings. The van der Waals surface area contributed by atoms with Crippen LogP contribution < -0.4 is 16.4 Å². The summed E-state index contributed by atoms with van der Waals surface area (Å²) in [7, 11) is 0. The van der Waals surface area contributed by atoms with Gasteiger partial charge in [0, 0.05) is 11.9 Å². The lowest BCUT2D eigenvalue weighted by Gasteiger charge is -2.08. The lowest BCUT2D eigenvalue weighted by Crippen LogP contribution is -2.20. The fourth-order valence-electron chi connectivity index (χ4n) is 1.31. The van der Waals surface area contributed by atoms with E-state index in [4.69, 9.17) is 5.73 Å². The second kappa shape index (κ2) is 4.98. The van der Waals surface area contributed by atoms with Gasteiger partial charge in [-0.2, -0.15) is 0 Å². The number of urea groups is 1. The van der Waals surface area contributed by atoms with Gasteiger partial charge in [-0.3, -0.25) is 5.32 Å². The van der Waals surface area contributed by atoms with Crippen molar-refractivity contribution in [3.05, 3.63) is 48.7 Å². The van der Waals surface area contributed by atoms with Crippen LogP contribution in [0.3, 0.4) is 0 Å². The van der Waals surface area contributed by atoms with Gasteiger partial charge < -0.3 is 11.1 Å². The molecular weight excluding hydrogens is 216 g/mol. The average molecular weight is 228 g/mol. The van der Waals surface area contributed by atoms with Crippen molar-refractivity contribution in [2.75, 3.05) is 16.4 Å². The van der Waals surface area contributed by atoms with E-state index >= 15 is 0 Å². The zero-order chi connectivity index (χ0) is 12.1. The van der Waals surface area contributed by atoms with E-state index in [1.807, 2.05) is 18.2 Å². The van der Waals surface area contributed by atoms with Gasteiger partial charge in [-0.25, -0.2) is 9.78 Å². The molecule has 5 heteroatoms. The van der Waals surface area contributed by atoms with Gasteiger partial charge in [-0.1, -0.05) is 18.2 Å². The lowest BCUT2D eigenvalue weighted by molar-refractivity contribution is 0.262. The van der Waals surface area contributed by atoms with Crippen molar-refractivity contribution >= 4 is 23.2 Å². The number of benzene rings is 1. The summed E-state index contributed by atoms with van der Waals surface area (Å²) in [5, 5.41) is 5.24. The van der Waals surface area contributed by atoms with Crippen LogP contribution in [0.1, 0.15) is 0 Å². The van der Waals surface area contributed by atoms with Crippen molar-refractivity contribution in [3.8, 4) is 0 Å². The van der Waals surface area contributed by atoms with Gasteiger partial charge in [0.05, 0.1) is 5.69 Å². The van der Waals surface area contributed by atoms with Gasteiger partial charge in [0.2, 0.25) is 0 Å². The van der Waals surface area contributed by atoms with E-state index in [2.05, 4.69) is 15.6 Å². The number of nitrogen functional groups attached to an aromatic ring is 1. The van der Waals surface area contributed by atoms with E-state index in [0.717, 1.165) is 0 Å². The van der Waals surface area contributed by atoms with E-state index in [1.165, 1.54) is 0 Å². The molecule has 4 N–H and O–H groups in total. The highest BCUT2D eigenvalue weighted by Gasteiger charge is 2.05. The molecule has 17 heavy (non-hydrogen) atoms. The normalized spacial score (nSPS) is 9.65. The van der Waals surface area contributed by atoms with Crippen molar-refractivity contribution in [1.29, 1.82) is 0 Å². The lowest BCUT2D eigenvalue weighted by atomic mass is 10.3. The second-order valence-corrected chi connectivity index (χ2v) is 3.39. The number of nitrogens with one attached hydrogen (secondary N) is 2. The molecule has 0 aliphatic rings. The van der Waals surface area contributed by atoms with Crippen LogP contribution in [0.15, 0.2) is 48.7 Å². The number of amides is 2. The van der Waals surface area contributed by atoms with E-state index in [-0.39, 0.29) is 6.03 Å². The molecule has 1 aromatic carbocycles. The monoisotopic (exact) mass is 228 g/mol. The Labute approximate surface area is 98.7 Å². The Morgan fingerprint density at radius 3 is 2.53 bits per heavy atom. The topological polar surface area (TPSA) is 80.0 Å². The zero-order valence-corrected chi connectivity index (χ0v) is 9.05. The molecule has 1 aromatic heterocycles. The van der Waals surface area contributed by atoms with Crippen LogP contribution in [-0.4, -0.2) is 11.0 Å². The van der Waals surface area contributed by atoms with Crippen LogP contribution >= 0.6 is 0 Å². The second-order valence-electron chi connectivity index (χ2n) is 3.39. The SMILES string of the molecule is Nc1cccnc1NC(=O)Nc1ccccc1. The molecule has 0 unspecified atom stereocenters. The Balaban J connectivity index is 2.01. The minimum absolute atomic E-state index is 0.348. The number of hydrogen-bond donors (Lipinski definition) is 3. The van der Waals surface area contributed by atoms with Crippen molar-refractivity contribution in [3.63, 3.8) is 0 Å². The fraction of sp³-hybridized carbons (Fsp3) is 0. The zero-order valence-electron chi connectivity index (χ0n) is 9.05. The maximum atomic E-state index is 11.6. The van der Waals surface area contributed by atoms with Crippen LogP contribution in [0.2, 0.25) is 0 Å². The van der Waals surface area contributed by atoms with Gasteiger partial charge >= 0.3 is 6.03 Å². The highest BCUT2D eigenvalue weighted by Crippen LogP contribution is 2.13. The Hall–Kier alpha value is -2.56. The number of hydrogen-bond acceptors (Lipinski definition) is 3. The first kappa shape index (κ1) is 10.9. The first-order chi connectivity index (χ1) is 8.25. The number of anilines is 3. The number of rotatable bonds is 2. The maximum absolute atomic E-state index is 11.6. The Kier molecular flexibility index (Phi) is 3.20. The van der Waals surface area contributed by atoms with Crippen molar-refractivity contribution in [2.45, 2.75) is 0 Å². The third kappa shape index (κ3) is 2.94. The molecule has 0 aliphatic heterocycles. The van der Waals surface area contributed by atoms with E-state index in [9.17, 15) is 4.79 Å². The summed E-state index contributed by atoms with van der Waals surface area (Å²) in [6.45, 7) is 0. The number of aromatic nitrogens is 1. The molecule has 2 rings (SSSR count). The Bertz CT molecular complexity index is 513. The number of pyridine rings is 1. The minimum atomic E-state index is -0.374. The first-order valence-corrected chi connectivity index (χ1v) is 5.09. The molecule has 0 saturated carbocycles. The Morgan fingerprint density at radius 2 is 1.82 bits per heavy atom. The minimum Gasteiger partial charge on any atom is -0.396 e. The summed E-state index contributed by atoms with van der Waals surface area (Å²) in [5.41, 5.74) is 6.79. The number of nitrogens with two attached hydrogens (primary N) is 1. The summed E-state index contributed by atoms with van der Waals surface area (Å²) >= 11 is 0. The number of carbonyl (C=O) groups excluding carboxylic acids is 1. The van der Waals surface area contributed by atoms with Crippen LogP contribution in [0, 0.1) is 0 Å². The number of carbonyl (C=O) groups is 1. The van der Waals surface area contributed by atoms with Gasteiger partial charge in [0.25, 0.3) is 0 Å². The molecular formula is C12H12N4O. The van der Waals surface area contributed by atoms with E-state index in [0.29, 0.717) is 17.2 Å². The molecule has 5 nitrogen and oxygen atoms in total. The van der Waals surface area contributed by atoms with Crippen molar-refractivity contribution in [2.24, 2.45) is 0 Å². The molecule has 1 heterocycles. The van der Waals surface area contributed by atoms with Crippen LogP contribution in [0.4, 0.5) is 22.0 Å². The predicted molar refractivity (Wildman–Crippen MR) is 67.7 cm³/mol. The summed E-state index contributed by atoms with van der Waals surface area (Å²) < 4.78 is 0. The molecule has 86 valence electrons. The Morgan fingerprint density at radius 1 is 1.06 bits per heavy atom. The molecule has 0 fully saturated rings. The van der Waals surface area contributed by atoms with Crippen LogP contribution in [0.5, 0.6) is 0 Å². The van der Waals surface area contributed by atoms with Crippen molar-refractivity contribution < 1.29 is 4.79 Å². The standard InChI is InChI=1S/C12H12N4O/c13-10-7-4-8-14-11(10)16-12(17)15-9-5-2-1-3-6-9/h1-8H,13H2,(H2,14,15,16,17). The van der Waals surface area contributed by atoms with Crippen molar-refractivity contribution in [1.82, 2.24) is 4.98 Å². The summed E-state index contributed by atoms with van der Waals surface area (Å²) in [4.78, 5) is 15.6. The third-order valence-corrected chi connectivity index (χ3v) is 2.10. The first-order valence-electron chi connectivity index (χ1n) is 5.09. The summed E-state index contributed by atoms with van der Waals surface area (Å²) in [5.74, 6) is 0.348. The molecule has 0 radical (unpaired) electrons. The van der Waals surface area contributed by atoms with Crippen LogP contribution in [0.25, 0.3) is 0 Å².